The number of nitrogens with one attached hydrogen (secondary N) is 1. The maximum atomic E-state index is 11.9. The summed E-state index contributed by atoms with van der Waals surface area (Å²) in [5, 5.41) is 26.9. The van der Waals surface area contributed by atoms with Gasteiger partial charge in [0.2, 0.25) is 0 Å². The highest BCUT2D eigenvalue weighted by molar-refractivity contribution is 7.17. The summed E-state index contributed by atoms with van der Waals surface area (Å²) in [6.07, 6.45) is 2.66. The molecule has 4 aromatic rings. The zero-order chi connectivity index (χ0) is 26.5. The molecular weight excluding hydrogens is 504 g/mol. The molecular formula is C28H30N4O5S. The van der Waals surface area contributed by atoms with E-state index in [1.807, 2.05) is 18.2 Å². The van der Waals surface area contributed by atoms with Crippen LogP contribution in [0.3, 0.4) is 0 Å². The second-order valence-electron chi connectivity index (χ2n) is 9.20. The van der Waals surface area contributed by atoms with Gasteiger partial charge in [-0.25, -0.2) is 14.8 Å². The van der Waals surface area contributed by atoms with Gasteiger partial charge < -0.3 is 29.9 Å². The summed E-state index contributed by atoms with van der Waals surface area (Å²) in [6, 6.07) is 14.7. The standard InChI is InChI=1S/C28H30N4O5S/c1-36-28(35)22-8-7-20(33)13-24(22)37-15-21(34)14-29-19-9-11-32(12-10-19)26-25-23(18-5-3-2-4-6-18)16-38-27(25)31-17-30-26/h2-8,13,16-17,19,21,29,33-34H,9-12,14-15H2,1H3. The molecule has 198 valence electrons. The average molecular weight is 535 g/mol. The molecule has 0 spiro atoms. The molecule has 1 saturated heterocycles. The number of esters is 1. The molecule has 3 N–H and O–H groups in total. The number of benzene rings is 2. The number of carbonyl (C=O) groups excluding carboxylic acids is 1. The number of anilines is 1. The van der Waals surface area contributed by atoms with Gasteiger partial charge in [-0.05, 0) is 30.5 Å². The molecule has 0 saturated carbocycles. The van der Waals surface area contributed by atoms with Crippen LogP contribution in [0.2, 0.25) is 0 Å². The molecule has 1 fully saturated rings. The largest absolute Gasteiger partial charge is 0.508 e. The van der Waals surface area contributed by atoms with E-state index in [2.05, 4.69) is 37.7 Å². The zero-order valence-electron chi connectivity index (χ0n) is 21.0. The van der Waals surface area contributed by atoms with Crippen LogP contribution in [0.25, 0.3) is 21.3 Å². The van der Waals surface area contributed by atoms with Crippen molar-refractivity contribution < 1.29 is 24.5 Å². The van der Waals surface area contributed by atoms with E-state index in [4.69, 9.17) is 9.47 Å². The fourth-order valence-corrected chi connectivity index (χ4v) is 5.59. The Labute approximate surface area is 224 Å². The third-order valence-electron chi connectivity index (χ3n) is 6.67. The Kier molecular flexibility index (Phi) is 8.02. The highest BCUT2D eigenvalue weighted by Gasteiger charge is 2.24. The van der Waals surface area contributed by atoms with Gasteiger partial charge in [0.15, 0.2) is 0 Å². The first kappa shape index (κ1) is 25.9. The topological polar surface area (TPSA) is 117 Å². The van der Waals surface area contributed by atoms with Gasteiger partial charge in [0.05, 0.1) is 12.5 Å². The number of hydrogen-bond acceptors (Lipinski definition) is 10. The fourth-order valence-electron chi connectivity index (χ4n) is 4.68. The minimum Gasteiger partial charge on any atom is -0.508 e. The highest BCUT2D eigenvalue weighted by Crippen LogP contribution is 2.38. The number of aliphatic hydroxyl groups excluding tert-OH is 1. The number of phenols is 1. The van der Waals surface area contributed by atoms with Crippen molar-refractivity contribution in [2.75, 3.05) is 38.3 Å². The van der Waals surface area contributed by atoms with Gasteiger partial charge >= 0.3 is 5.97 Å². The van der Waals surface area contributed by atoms with E-state index in [1.54, 1.807) is 17.7 Å². The monoisotopic (exact) mass is 534 g/mol. The SMILES string of the molecule is COC(=O)c1ccc(O)cc1OCC(O)CNC1CCN(c2ncnc3scc(-c4ccccc4)c23)CC1. The lowest BCUT2D eigenvalue weighted by Crippen LogP contribution is -2.45. The molecule has 0 radical (unpaired) electrons. The average Bonchev–Trinajstić information content (AvgIpc) is 3.40. The number of carbonyl (C=O) groups is 1. The number of piperidine rings is 1. The Morgan fingerprint density at radius 3 is 2.74 bits per heavy atom. The molecule has 1 aliphatic rings. The molecule has 0 aliphatic carbocycles. The number of hydrogen-bond donors (Lipinski definition) is 3. The van der Waals surface area contributed by atoms with Gasteiger partial charge in [0, 0.05) is 42.7 Å². The second kappa shape index (κ2) is 11.8. The third kappa shape index (κ3) is 5.72. The van der Waals surface area contributed by atoms with Crippen molar-refractivity contribution in [2.24, 2.45) is 0 Å². The van der Waals surface area contributed by atoms with Crippen LogP contribution >= 0.6 is 11.3 Å². The molecule has 9 nitrogen and oxygen atoms in total. The van der Waals surface area contributed by atoms with Crippen LogP contribution in [0.5, 0.6) is 11.5 Å². The van der Waals surface area contributed by atoms with Gasteiger partial charge in [-0.3, -0.25) is 0 Å². The quantitative estimate of drug-likeness (QED) is 0.275. The van der Waals surface area contributed by atoms with E-state index in [1.165, 1.54) is 25.3 Å². The maximum absolute atomic E-state index is 11.9. The summed E-state index contributed by atoms with van der Waals surface area (Å²) < 4.78 is 10.4. The fraction of sp³-hybridized carbons (Fsp3) is 0.321. The number of aromatic hydroxyl groups is 1. The van der Waals surface area contributed by atoms with E-state index in [9.17, 15) is 15.0 Å². The first-order valence-electron chi connectivity index (χ1n) is 12.5. The predicted octanol–water partition coefficient (Wildman–Crippen LogP) is 3.85. The van der Waals surface area contributed by atoms with Crippen molar-refractivity contribution in [1.82, 2.24) is 15.3 Å². The van der Waals surface area contributed by atoms with E-state index in [0.29, 0.717) is 6.54 Å². The molecule has 3 heterocycles. The van der Waals surface area contributed by atoms with Crippen LogP contribution in [-0.4, -0.2) is 71.6 Å². The smallest absolute Gasteiger partial charge is 0.341 e. The molecule has 5 rings (SSSR count). The summed E-state index contributed by atoms with van der Waals surface area (Å²) in [4.78, 5) is 24.4. The normalized spacial score (nSPS) is 14.9. The van der Waals surface area contributed by atoms with E-state index in [0.717, 1.165) is 53.1 Å². The Morgan fingerprint density at radius 2 is 1.97 bits per heavy atom. The van der Waals surface area contributed by atoms with Crippen molar-refractivity contribution in [3.63, 3.8) is 0 Å². The number of aromatic nitrogens is 2. The van der Waals surface area contributed by atoms with E-state index in [-0.39, 0.29) is 29.7 Å². The van der Waals surface area contributed by atoms with Crippen LogP contribution in [0.4, 0.5) is 5.82 Å². The number of methoxy groups -OCH3 is 1. The summed E-state index contributed by atoms with van der Waals surface area (Å²) >= 11 is 1.64. The van der Waals surface area contributed by atoms with Crippen LogP contribution in [0.15, 0.2) is 60.2 Å². The molecule has 1 aliphatic heterocycles. The predicted molar refractivity (Wildman–Crippen MR) is 147 cm³/mol. The van der Waals surface area contributed by atoms with E-state index < -0.39 is 12.1 Å². The second-order valence-corrected chi connectivity index (χ2v) is 10.1. The van der Waals surface area contributed by atoms with Crippen LogP contribution in [-0.2, 0) is 4.74 Å². The van der Waals surface area contributed by atoms with Gasteiger partial charge in [0.25, 0.3) is 0 Å². The molecule has 10 heteroatoms. The van der Waals surface area contributed by atoms with Crippen molar-refractivity contribution in [3.8, 4) is 22.6 Å². The number of nitrogens with zero attached hydrogens (tertiary/aromatic N) is 3. The molecule has 2 aromatic heterocycles. The van der Waals surface area contributed by atoms with Crippen molar-refractivity contribution in [3.05, 3.63) is 65.8 Å². The Bertz CT molecular complexity index is 1390. The van der Waals surface area contributed by atoms with Gasteiger partial charge in [-0.15, -0.1) is 11.3 Å². The highest BCUT2D eigenvalue weighted by atomic mass is 32.1. The first-order chi connectivity index (χ1) is 18.5. The van der Waals surface area contributed by atoms with Crippen molar-refractivity contribution >= 4 is 33.3 Å². The minimum atomic E-state index is -0.790. The number of ether oxygens (including phenoxy) is 2. The number of phenolic OH excluding ortho intramolecular Hbond substituents is 1. The Morgan fingerprint density at radius 1 is 1.18 bits per heavy atom. The molecule has 2 aromatic carbocycles. The zero-order valence-corrected chi connectivity index (χ0v) is 21.9. The molecule has 1 atom stereocenters. The Hall–Kier alpha value is -3.73. The molecule has 0 amide bonds. The lowest BCUT2D eigenvalue weighted by Gasteiger charge is -2.34. The van der Waals surface area contributed by atoms with Crippen LogP contribution < -0.4 is 15.0 Å². The first-order valence-corrected chi connectivity index (χ1v) is 13.4. The number of fused-ring (bicyclic) bond motifs is 1. The minimum absolute atomic E-state index is 0.0291. The lowest BCUT2D eigenvalue weighted by atomic mass is 10.0. The van der Waals surface area contributed by atoms with Gasteiger partial charge in [0.1, 0.15) is 46.7 Å². The van der Waals surface area contributed by atoms with E-state index >= 15 is 0 Å². The van der Waals surface area contributed by atoms with Crippen LogP contribution in [0, 0.1) is 0 Å². The molecule has 38 heavy (non-hydrogen) atoms. The summed E-state index contributed by atoms with van der Waals surface area (Å²) in [6.45, 7) is 1.99. The number of aliphatic hydroxyl groups is 1. The lowest BCUT2D eigenvalue weighted by molar-refractivity contribution is 0.0588. The maximum Gasteiger partial charge on any atom is 0.341 e. The summed E-state index contributed by atoms with van der Waals surface area (Å²) in [7, 11) is 1.28. The summed E-state index contributed by atoms with van der Waals surface area (Å²) in [5.74, 6) is 0.531. The third-order valence-corrected chi connectivity index (χ3v) is 7.56. The number of thiophene rings is 1. The van der Waals surface area contributed by atoms with Gasteiger partial charge in [-0.1, -0.05) is 30.3 Å². The number of rotatable bonds is 9. The van der Waals surface area contributed by atoms with Crippen molar-refractivity contribution in [1.29, 1.82) is 0 Å². The van der Waals surface area contributed by atoms with Crippen molar-refractivity contribution in [2.45, 2.75) is 25.0 Å². The van der Waals surface area contributed by atoms with Crippen LogP contribution in [0.1, 0.15) is 23.2 Å². The molecule has 0 bridgehead atoms. The summed E-state index contributed by atoms with van der Waals surface area (Å²) in [5.41, 5.74) is 2.51. The Balaban J connectivity index is 1.16. The molecule has 1 unspecified atom stereocenters. The van der Waals surface area contributed by atoms with Gasteiger partial charge in [-0.2, -0.15) is 0 Å².